The summed E-state index contributed by atoms with van der Waals surface area (Å²) in [5, 5.41) is 17.9. The molecular formula is C5H10O3S. The second kappa shape index (κ2) is 2.88. The third kappa shape index (κ3) is 1.38. The fraction of sp³-hybridized carbons (Fsp3) is 1.00. The molecule has 0 saturated carbocycles. The molecule has 3 atom stereocenters. The summed E-state index contributed by atoms with van der Waals surface area (Å²) in [7, 11) is 0. The predicted octanol–water partition coefficient (Wildman–Crippen LogP) is -0.963. The molecule has 0 spiro atoms. The first-order valence-electron chi connectivity index (χ1n) is 2.84. The van der Waals surface area contributed by atoms with Crippen LogP contribution in [0.15, 0.2) is 0 Å². The molecule has 9 heavy (non-hydrogen) atoms. The van der Waals surface area contributed by atoms with Crippen molar-refractivity contribution in [2.24, 2.45) is 0 Å². The van der Waals surface area contributed by atoms with Gasteiger partial charge in [-0.15, -0.1) is 0 Å². The van der Waals surface area contributed by atoms with E-state index >= 15 is 0 Å². The van der Waals surface area contributed by atoms with Crippen molar-refractivity contribution in [1.29, 1.82) is 0 Å². The fourth-order valence-corrected chi connectivity index (χ4v) is 1.15. The van der Waals surface area contributed by atoms with Gasteiger partial charge in [-0.2, -0.15) is 12.6 Å². The van der Waals surface area contributed by atoms with E-state index in [4.69, 9.17) is 14.9 Å². The van der Waals surface area contributed by atoms with Crippen molar-refractivity contribution < 1.29 is 14.9 Å². The molecule has 1 saturated heterocycles. The summed E-state index contributed by atoms with van der Waals surface area (Å²) in [4.78, 5) is 0. The molecule has 0 aromatic carbocycles. The third-order valence-corrected chi connectivity index (χ3v) is 1.80. The van der Waals surface area contributed by atoms with Crippen LogP contribution in [0.3, 0.4) is 0 Å². The van der Waals surface area contributed by atoms with Crippen LogP contribution in [0.2, 0.25) is 0 Å². The maximum Gasteiger partial charge on any atom is 0.109 e. The van der Waals surface area contributed by atoms with Gasteiger partial charge in [-0.05, 0) is 0 Å². The van der Waals surface area contributed by atoms with Crippen LogP contribution in [0.1, 0.15) is 0 Å². The van der Waals surface area contributed by atoms with E-state index < -0.39 is 12.2 Å². The molecular weight excluding hydrogens is 140 g/mol. The maximum absolute atomic E-state index is 9.03. The minimum Gasteiger partial charge on any atom is -0.388 e. The number of thiol groups is 1. The van der Waals surface area contributed by atoms with Crippen molar-refractivity contribution >= 4 is 12.6 Å². The highest BCUT2D eigenvalue weighted by Gasteiger charge is 2.33. The lowest BCUT2D eigenvalue weighted by Crippen LogP contribution is -2.30. The first kappa shape index (κ1) is 7.34. The van der Waals surface area contributed by atoms with Crippen molar-refractivity contribution in [2.75, 3.05) is 12.4 Å². The monoisotopic (exact) mass is 150 g/mol. The largest absolute Gasteiger partial charge is 0.388 e. The number of hydrogen-bond donors (Lipinski definition) is 3. The molecule has 0 aromatic heterocycles. The van der Waals surface area contributed by atoms with Gasteiger partial charge in [0.1, 0.15) is 12.2 Å². The average molecular weight is 150 g/mol. The molecule has 1 aliphatic heterocycles. The molecule has 0 aromatic rings. The minimum absolute atomic E-state index is 0.229. The smallest absolute Gasteiger partial charge is 0.109 e. The Morgan fingerprint density at radius 1 is 1.56 bits per heavy atom. The van der Waals surface area contributed by atoms with Crippen LogP contribution >= 0.6 is 12.6 Å². The summed E-state index contributed by atoms with van der Waals surface area (Å²) in [6, 6.07) is 0. The Labute approximate surface area is 59.1 Å². The van der Waals surface area contributed by atoms with E-state index in [1.54, 1.807) is 0 Å². The number of ether oxygens (including phenoxy) is 1. The normalized spacial score (nSPS) is 43.7. The Morgan fingerprint density at radius 2 is 2.22 bits per heavy atom. The second-order valence-corrected chi connectivity index (χ2v) is 2.48. The second-order valence-electron chi connectivity index (χ2n) is 2.11. The molecule has 1 rings (SSSR count). The topological polar surface area (TPSA) is 49.7 Å². The Morgan fingerprint density at radius 3 is 2.44 bits per heavy atom. The first-order chi connectivity index (χ1) is 4.25. The van der Waals surface area contributed by atoms with Gasteiger partial charge in [0.05, 0.1) is 12.7 Å². The van der Waals surface area contributed by atoms with Crippen LogP contribution in [0.4, 0.5) is 0 Å². The molecule has 0 radical (unpaired) electrons. The summed E-state index contributed by atoms with van der Waals surface area (Å²) in [5.41, 5.74) is 0. The number of aliphatic hydroxyl groups excluding tert-OH is 2. The average Bonchev–Trinajstić information content (AvgIpc) is 2.15. The van der Waals surface area contributed by atoms with Crippen LogP contribution in [-0.2, 0) is 4.74 Å². The summed E-state index contributed by atoms with van der Waals surface area (Å²) in [6.45, 7) is 0.229. The molecule has 1 fully saturated rings. The van der Waals surface area contributed by atoms with Gasteiger partial charge in [0.15, 0.2) is 0 Å². The van der Waals surface area contributed by atoms with Crippen molar-refractivity contribution in [3.63, 3.8) is 0 Å². The molecule has 0 unspecified atom stereocenters. The first-order valence-corrected chi connectivity index (χ1v) is 3.47. The van der Waals surface area contributed by atoms with Gasteiger partial charge in [0.25, 0.3) is 0 Å². The van der Waals surface area contributed by atoms with E-state index in [0.29, 0.717) is 5.75 Å². The molecule has 2 N–H and O–H groups in total. The number of hydrogen-bond acceptors (Lipinski definition) is 4. The Bertz CT molecular complexity index is 98.2. The molecule has 1 aliphatic rings. The summed E-state index contributed by atoms with van der Waals surface area (Å²) in [5.74, 6) is 0.457. The molecule has 0 aliphatic carbocycles. The van der Waals surface area contributed by atoms with Gasteiger partial charge in [0.2, 0.25) is 0 Å². The molecule has 54 valence electrons. The lowest BCUT2D eigenvalue weighted by atomic mass is 10.2. The van der Waals surface area contributed by atoms with Crippen molar-refractivity contribution in [2.45, 2.75) is 18.3 Å². The fourth-order valence-electron chi connectivity index (χ4n) is 0.828. The highest BCUT2D eigenvalue weighted by Crippen LogP contribution is 2.14. The Balaban J connectivity index is 2.41. The van der Waals surface area contributed by atoms with E-state index in [-0.39, 0.29) is 12.7 Å². The van der Waals surface area contributed by atoms with E-state index in [1.807, 2.05) is 0 Å². The van der Waals surface area contributed by atoms with Crippen molar-refractivity contribution in [3.8, 4) is 0 Å². The van der Waals surface area contributed by atoms with Gasteiger partial charge >= 0.3 is 0 Å². The zero-order valence-electron chi connectivity index (χ0n) is 4.90. The zero-order chi connectivity index (χ0) is 6.85. The van der Waals surface area contributed by atoms with E-state index in [9.17, 15) is 0 Å². The van der Waals surface area contributed by atoms with E-state index in [1.165, 1.54) is 0 Å². The highest BCUT2D eigenvalue weighted by molar-refractivity contribution is 7.80. The Kier molecular flexibility index (Phi) is 2.35. The van der Waals surface area contributed by atoms with Crippen LogP contribution in [-0.4, -0.2) is 40.9 Å². The Hall–Kier alpha value is 0.230. The van der Waals surface area contributed by atoms with Crippen LogP contribution in [0.5, 0.6) is 0 Å². The van der Waals surface area contributed by atoms with Gasteiger partial charge < -0.3 is 14.9 Å². The van der Waals surface area contributed by atoms with Crippen molar-refractivity contribution in [3.05, 3.63) is 0 Å². The summed E-state index contributed by atoms with van der Waals surface area (Å²) >= 11 is 3.92. The minimum atomic E-state index is -0.748. The molecule has 4 heteroatoms. The molecule has 0 amide bonds. The van der Waals surface area contributed by atoms with E-state index in [0.717, 1.165) is 0 Å². The van der Waals surface area contributed by atoms with E-state index in [2.05, 4.69) is 12.6 Å². The summed E-state index contributed by atoms with van der Waals surface area (Å²) in [6.07, 6.45) is -1.76. The van der Waals surface area contributed by atoms with Crippen LogP contribution < -0.4 is 0 Å². The number of aliphatic hydroxyl groups is 2. The van der Waals surface area contributed by atoms with Gasteiger partial charge in [-0.1, -0.05) is 0 Å². The lowest BCUT2D eigenvalue weighted by molar-refractivity contribution is 0.0338. The van der Waals surface area contributed by atoms with Gasteiger partial charge in [-0.3, -0.25) is 0 Å². The summed E-state index contributed by atoms with van der Waals surface area (Å²) < 4.78 is 4.95. The highest BCUT2D eigenvalue weighted by atomic mass is 32.1. The predicted molar refractivity (Wildman–Crippen MR) is 35.6 cm³/mol. The van der Waals surface area contributed by atoms with Crippen molar-refractivity contribution in [1.82, 2.24) is 0 Å². The lowest BCUT2D eigenvalue weighted by Gasteiger charge is -2.10. The maximum atomic E-state index is 9.03. The zero-order valence-corrected chi connectivity index (χ0v) is 5.79. The standard InChI is InChI=1S/C5H10O3S/c6-3-1-8-4(2-9)5(3)7/h3-7,9H,1-2H2/t3-,4-,5-/m1/s1. The van der Waals surface area contributed by atoms with Crippen LogP contribution in [0.25, 0.3) is 0 Å². The van der Waals surface area contributed by atoms with Crippen LogP contribution in [0, 0.1) is 0 Å². The van der Waals surface area contributed by atoms with Gasteiger partial charge in [-0.25, -0.2) is 0 Å². The van der Waals surface area contributed by atoms with Gasteiger partial charge in [0, 0.05) is 5.75 Å². The molecule has 1 heterocycles. The quantitative estimate of drug-likeness (QED) is 0.422. The molecule has 0 bridgehead atoms. The SMILES string of the molecule is O[C@@H]1[C@H](O)CO[C@@H]1CS. The third-order valence-electron chi connectivity index (χ3n) is 1.44. The molecule has 3 nitrogen and oxygen atoms in total. The number of rotatable bonds is 1.